The smallest absolute Gasteiger partial charge is 0.295 e. The van der Waals surface area contributed by atoms with Crippen molar-refractivity contribution in [3.63, 3.8) is 0 Å². The van der Waals surface area contributed by atoms with Gasteiger partial charge in [-0.1, -0.05) is 44.2 Å². The van der Waals surface area contributed by atoms with E-state index in [-0.39, 0.29) is 24.5 Å². The quantitative estimate of drug-likeness (QED) is 0.408. The Labute approximate surface area is 176 Å². The summed E-state index contributed by atoms with van der Waals surface area (Å²) < 4.78 is 10.8. The summed E-state index contributed by atoms with van der Waals surface area (Å²) in [6, 6.07) is 15.4. The third-order valence-electron chi connectivity index (χ3n) is 4.90. The van der Waals surface area contributed by atoms with Gasteiger partial charge in [-0.25, -0.2) is 0 Å². The van der Waals surface area contributed by atoms with E-state index in [9.17, 15) is 14.7 Å². The monoisotopic (exact) mass is 409 g/mol. The number of methoxy groups -OCH3 is 1. The first-order chi connectivity index (χ1) is 14.4. The van der Waals surface area contributed by atoms with Crippen LogP contribution in [0.2, 0.25) is 0 Å². The summed E-state index contributed by atoms with van der Waals surface area (Å²) in [6.07, 6.45) is 0. The highest BCUT2D eigenvalue weighted by Crippen LogP contribution is 2.39. The van der Waals surface area contributed by atoms with Crippen LogP contribution < -0.4 is 4.74 Å². The van der Waals surface area contributed by atoms with E-state index in [0.717, 1.165) is 5.56 Å². The molecule has 30 heavy (non-hydrogen) atoms. The van der Waals surface area contributed by atoms with Crippen LogP contribution in [0, 0.1) is 5.92 Å². The van der Waals surface area contributed by atoms with Crippen molar-refractivity contribution >= 4 is 17.4 Å². The number of carbonyl (C=O) groups is 2. The Hall–Kier alpha value is -3.12. The number of amides is 1. The Morgan fingerprint density at radius 1 is 1.07 bits per heavy atom. The first-order valence-corrected chi connectivity index (χ1v) is 9.99. The fourth-order valence-electron chi connectivity index (χ4n) is 3.41. The van der Waals surface area contributed by atoms with Crippen molar-refractivity contribution in [3.05, 3.63) is 71.3 Å². The van der Waals surface area contributed by atoms with Crippen LogP contribution in [0.1, 0.15) is 31.0 Å². The number of ether oxygens (including phenoxy) is 2. The number of rotatable bonds is 8. The number of ketones is 1. The summed E-state index contributed by atoms with van der Waals surface area (Å²) in [6.45, 7) is 5.25. The Kier molecular flexibility index (Phi) is 6.90. The molecule has 1 aliphatic rings. The van der Waals surface area contributed by atoms with Crippen LogP contribution in [0.5, 0.6) is 5.75 Å². The molecular weight excluding hydrogens is 382 g/mol. The average molecular weight is 409 g/mol. The molecular formula is C24H27NO5. The van der Waals surface area contributed by atoms with E-state index in [0.29, 0.717) is 23.8 Å². The Morgan fingerprint density at radius 3 is 2.33 bits per heavy atom. The van der Waals surface area contributed by atoms with Crippen LogP contribution in [0.25, 0.3) is 5.76 Å². The van der Waals surface area contributed by atoms with Gasteiger partial charge in [0.2, 0.25) is 0 Å². The second-order valence-corrected chi connectivity index (χ2v) is 7.63. The normalized spacial score (nSPS) is 18.3. The Bertz CT molecular complexity index is 918. The standard InChI is InChI=1S/C24H27NO5/c1-16(2)15-30-19-11-9-18(10-12-19)22(26)20-21(17-7-5-4-6-8-17)25(13-14-29-3)24(28)23(20)27/h4-12,16,21,26H,13-15H2,1-3H3/b22-20+. The molecule has 2 aromatic rings. The highest BCUT2D eigenvalue weighted by molar-refractivity contribution is 6.46. The number of likely N-dealkylation sites (tertiary alicyclic amines) is 1. The number of nitrogens with zero attached hydrogens (tertiary/aromatic N) is 1. The molecule has 0 radical (unpaired) electrons. The van der Waals surface area contributed by atoms with Crippen molar-refractivity contribution in [1.82, 2.24) is 4.90 Å². The molecule has 3 rings (SSSR count). The third kappa shape index (κ3) is 4.54. The molecule has 1 saturated heterocycles. The molecule has 0 bridgehead atoms. The van der Waals surface area contributed by atoms with Gasteiger partial charge in [-0.2, -0.15) is 0 Å². The van der Waals surface area contributed by atoms with Gasteiger partial charge >= 0.3 is 0 Å². The molecule has 6 heteroatoms. The van der Waals surface area contributed by atoms with E-state index in [1.165, 1.54) is 12.0 Å². The molecule has 1 amide bonds. The van der Waals surface area contributed by atoms with Gasteiger partial charge in [0.1, 0.15) is 11.5 Å². The molecule has 1 aliphatic heterocycles. The van der Waals surface area contributed by atoms with Gasteiger partial charge < -0.3 is 19.5 Å². The van der Waals surface area contributed by atoms with E-state index >= 15 is 0 Å². The largest absolute Gasteiger partial charge is 0.507 e. The number of Topliss-reactive ketones (excluding diaryl/α,β-unsaturated/α-hetero) is 1. The number of hydrogen-bond donors (Lipinski definition) is 1. The van der Waals surface area contributed by atoms with Gasteiger partial charge in [0.05, 0.1) is 24.8 Å². The molecule has 6 nitrogen and oxygen atoms in total. The number of benzene rings is 2. The number of aliphatic hydroxyl groups excluding tert-OH is 1. The first-order valence-electron chi connectivity index (χ1n) is 9.99. The van der Waals surface area contributed by atoms with Gasteiger partial charge in [-0.3, -0.25) is 9.59 Å². The van der Waals surface area contributed by atoms with Gasteiger partial charge in [0.15, 0.2) is 0 Å². The topological polar surface area (TPSA) is 76.1 Å². The van der Waals surface area contributed by atoms with E-state index in [2.05, 4.69) is 13.8 Å². The van der Waals surface area contributed by atoms with Crippen LogP contribution in [0.3, 0.4) is 0 Å². The Balaban J connectivity index is 2.00. The predicted molar refractivity (Wildman–Crippen MR) is 114 cm³/mol. The maximum atomic E-state index is 12.8. The summed E-state index contributed by atoms with van der Waals surface area (Å²) in [5, 5.41) is 11.0. The summed E-state index contributed by atoms with van der Waals surface area (Å²) >= 11 is 0. The van der Waals surface area contributed by atoms with Crippen molar-refractivity contribution in [2.24, 2.45) is 5.92 Å². The minimum absolute atomic E-state index is 0.0816. The predicted octanol–water partition coefficient (Wildman–Crippen LogP) is 3.79. The zero-order valence-corrected chi connectivity index (χ0v) is 17.5. The molecule has 0 saturated carbocycles. The zero-order chi connectivity index (χ0) is 21.7. The van der Waals surface area contributed by atoms with Crippen LogP contribution in [0.4, 0.5) is 0 Å². The molecule has 1 unspecified atom stereocenters. The highest BCUT2D eigenvalue weighted by Gasteiger charge is 2.45. The molecule has 0 aliphatic carbocycles. The number of carbonyl (C=O) groups excluding carboxylic acids is 2. The van der Waals surface area contributed by atoms with Gasteiger partial charge in [0.25, 0.3) is 11.7 Å². The average Bonchev–Trinajstić information content (AvgIpc) is 3.01. The lowest BCUT2D eigenvalue weighted by atomic mass is 9.95. The fourth-order valence-corrected chi connectivity index (χ4v) is 3.41. The van der Waals surface area contributed by atoms with Crippen molar-refractivity contribution in [3.8, 4) is 5.75 Å². The molecule has 158 valence electrons. The lowest BCUT2D eigenvalue weighted by Gasteiger charge is -2.25. The molecule has 1 atom stereocenters. The summed E-state index contributed by atoms with van der Waals surface area (Å²) in [7, 11) is 1.54. The molecule has 2 aromatic carbocycles. The van der Waals surface area contributed by atoms with Crippen molar-refractivity contribution in [1.29, 1.82) is 0 Å². The van der Waals surface area contributed by atoms with Crippen molar-refractivity contribution in [2.75, 3.05) is 26.9 Å². The van der Waals surface area contributed by atoms with E-state index in [1.54, 1.807) is 24.3 Å². The molecule has 1 heterocycles. The second-order valence-electron chi connectivity index (χ2n) is 7.63. The van der Waals surface area contributed by atoms with Crippen molar-refractivity contribution < 1.29 is 24.2 Å². The number of hydrogen-bond acceptors (Lipinski definition) is 5. The number of aliphatic hydroxyl groups is 1. The summed E-state index contributed by atoms with van der Waals surface area (Å²) in [5.41, 5.74) is 1.29. The highest BCUT2D eigenvalue weighted by atomic mass is 16.5. The maximum absolute atomic E-state index is 12.8. The third-order valence-corrected chi connectivity index (χ3v) is 4.90. The lowest BCUT2D eigenvalue weighted by Crippen LogP contribution is -2.32. The van der Waals surface area contributed by atoms with Gasteiger partial charge in [-0.05, 0) is 35.7 Å². The zero-order valence-electron chi connectivity index (χ0n) is 17.5. The summed E-state index contributed by atoms with van der Waals surface area (Å²) in [5.74, 6) is -0.457. The van der Waals surface area contributed by atoms with Gasteiger partial charge in [-0.15, -0.1) is 0 Å². The molecule has 1 N–H and O–H groups in total. The van der Waals surface area contributed by atoms with E-state index in [1.807, 2.05) is 30.3 Å². The first kappa shape index (κ1) is 21.6. The second kappa shape index (κ2) is 9.59. The minimum Gasteiger partial charge on any atom is -0.507 e. The fraction of sp³-hybridized carbons (Fsp3) is 0.333. The maximum Gasteiger partial charge on any atom is 0.295 e. The van der Waals surface area contributed by atoms with Gasteiger partial charge in [0, 0.05) is 19.2 Å². The molecule has 0 spiro atoms. The lowest BCUT2D eigenvalue weighted by molar-refractivity contribution is -0.140. The SMILES string of the molecule is COCCN1C(=O)C(=O)/C(=C(/O)c2ccc(OCC(C)C)cc2)C1c1ccccc1. The van der Waals surface area contributed by atoms with E-state index < -0.39 is 17.7 Å². The summed E-state index contributed by atoms with van der Waals surface area (Å²) in [4.78, 5) is 27.0. The van der Waals surface area contributed by atoms with Crippen LogP contribution >= 0.6 is 0 Å². The van der Waals surface area contributed by atoms with Crippen LogP contribution in [-0.4, -0.2) is 48.6 Å². The van der Waals surface area contributed by atoms with Crippen LogP contribution in [0.15, 0.2) is 60.2 Å². The molecule has 0 aromatic heterocycles. The van der Waals surface area contributed by atoms with Crippen LogP contribution in [-0.2, 0) is 14.3 Å². The van der Waals surface area contributed by atoms with E-state index in [4.69, 9.17) is 9.47 Å². The Morgan fingerprint density at radius 2 is 1.73 bits per heavy atom. The minimum atomic E-state index is -0.697. The molecule has 1 fully saturated rings. The van der Waals surface area contributed by atoms with Crippen molar-refractivity contribution in [2.45, 2.75) is 19.9 Å².